The first-order chi connectivity index (χ1) is 7.25. The van der Waals surface area contributed by atoms with Crippen LogP contribution in [0.4, 0.5) is 0 Å². The monoisotopic (exact) mass is 318 g/mol. The molecule has 0 saturated heterocycles. The fourth-order valence-corrected chi connectivity index (χ4v) is 2.26. The quantitative estimate of drug-likeness (QED) is 0.850. The largest absolute Gasteiger partial charge is 0.488 e. The van der Waals surface area contributed by atoms with E-state index in [1.54, 1.807) is 0 Å². The zero-order valence-corrected chi connectivity index (χ0v) is 10.7. The Morgan fingerprint density at radius 3 is 2.47 bits per heavy atom. The second-order valence-corrected chi connectivity index (χ2v) is 5.21. The summed E-state index contributed by atoms with van der Waals surface area (Å²) in [6, 6.07) is 7.96. The van der Waals surface area contributed by atoms with Crippen LogP contribution in [-0.4, -0.2) is 17.3 Å². The summed E-state index contributed by atoms with van der Waals surface area (Å²) in [6.45, 7) is 0. The van der Waals surface area contributed by atoms with Gasteiger partial charge in [-0.2, -0.15) is 0 Å². The molecule has 1 saturated carbocycles. The molecule has 2 rings (SSSR count). The normalized spacial score (nSPS) is 26.3. The van der Waals surface area contributed by atoms with E-state index in [1.165, 1.54) is 3.57 Å². The molecule has 1 aliphatic rings. The summed E-state index contributed by atoms with van der Waals surface area (Å²) >= 11 is 2.27. The van der Waals surface area contributed by atoms with E-state index in [0.717, 1.165) is 31.4 Å². The zero-order chi connectivity index (χ0) is 10.7. The minimum atomic E-state index is -0.293. The van der Waals surface area contributed by atoms with Gasteiger partial charge in [0.05, 0.1) is 6.10 Å². The second-order valence-electron chi connectivity index (χ2n) is 3.96. The highest BCUT2D eigenvalue weighted by Gasteiger charge is 2.24. The van der Waals surface area contributed by atoms with Gasteiger partial charge in [0.1, 0.15) is 11.9 Å². The van der Waals surface area contributed by atoms with Crippen LogP contribution < -0.4 is 4.74 Å². The van der Waals surface area contributed by atoms with Crippen LogP contribution in [0.3, 0.4) is 0 Å². The molecule has 0 amide bonds. The van der Waals surface area contributed by atoms with Gasteiger partial charge in [-0.05, 0) is 66.1 Å². The molecule has 0 heterocycles. The van der Waals surface area contributed by atoms with Crippen LogP contribution in [0, 0.1) is 3.57 Å². The molecule has 1 fully saturated rings. The lowest BCUT2D eigenvalue weighted by Crippen LogP contribution is -2.34. The molecule has 1 N–H and O–H groups in total. The maximum absolute atomic E-state index is 9.76. The molecule has 0 bridgehead atoms. The molecular formula is C12H15IO2. The average molecular weight is 318 g/mol. The maximum atomic E-state index is 9.76. The molecule has 82 valence electrons. The van der Waals surface area contributed by atoms with Crippen molar-refractivity contribution in [3.63, 3.8) is 0 Å². The van der Waals surface area contributed by atoms with Gasteiger partial charge < -0.3 is 9.84 Å². The third-order valence-electron chi connectivity index (χ3n) is 2.77. The lowest BCUT2D eigenvalue weighted by molar-refractivity contribution is 0.00687. The van der Waals surface area contributed by atoms with E-state index < -0.39 is 0 Å². The van der Waals surface area contributed by atoms with Crippen molar-refractivity contribution in [2.45, 2.75) is 37.9 Å². The maximum Gasteiger partial charge on any atom is 0.124 e. The molecule has 0 aliphatic heterocycles. The van der Waals surface area contributed by atoms with E-state index in [2.05, 4.69) is 22.6 Å². The Bertz CT molecular complexity index is 310. The minimum Gasteiger partial charge on any atom is -0.488 e. The van der Waals surface area contributed by atoms with Crippen LogP contribution in [0.15, 0.2) is 24.3 Å². The smallest absolute Gasteiger partial charge is 0.124 e. The van der Waals surface area contributed by atoms with Crippen molar-refractivity contribution in [1.82, 2.24) is 0 Å². The highest BCUT2D eigenvalue weighted by molar-refractivity contribution is 14.1. The van der Waals surface area contributed by atoms with Gasteiger partial charge in [0.25, 0.3) is 0 Å². The van der Waals surface area contributed by atoms with E-state index in [-0.39, 0.29) is 12.2 Å². The molecule has 0 spiro atoms. The Hall–Kier alpha value is -0.290. The van der Waals surface area contributed by atoms with Crippen molar-refractivity contribution >= 4 is 22.6 Å². The van der Waals surface area contributed by atoms with Gasteiger partial charge in [-0.25, -0.2) is 0 Å². The molecule has 2 nitrogen and oxygen atoms in total. The van der Waals surface area contributed by atoms with Gasteiger partial charge in [0, 0.05) is 3.57 Å². The minimum absolute atomic E-state index is 0.0150. The number of rotatable bonds is 2. The number of aliphatic hydroxyl groups excluding tert-OH is 1. The van der Waals surface area contributed by atoms with Crippen LogP contribution >= 0.6 is 22.6 Å². The summed E-state index contributed by atoms with van der Waals surface area (Å²) < 4.78 is 6.97. The number of hydrogen-bond acceptors (Lipinski definition) is 2. The van der Waals surface area contributed by atoms with Gasteiger partial charge in [-0.1, -0.05) is 6.42 Å². The number of aliphatic hydroxyl groups is 1. The van der Waals surface area contributed by atoms with E-state index in [9.17, 15) is 5.11 Å². The summed E-state index contributed by atoms with van der Waals surface area (Å²) in [5, 5.41) is 9.76. The highest BCUT2D eigenvalue weighted by atomic mass is 127. The van der Waals surface area contributed by atoms with E-state index in [1.807, 2.05) is 24.3 Å². The van der Waals surface area contributed by atoms with Crippen LogP contribution in [0.5, 0.6) is 5.75 Å². The molecular weight excluding hydrogens is 303 g/mol. The molecule has 1 aromatic carbocycles. The fraction of sp³-hybridized carbons (Fsp3) is 0.500. The first-order valence-corrected chi connectivity index (χ1v) is 6.44. The molecule has 1 aliphatic carbocycles. The van der Waals surface area contributed by atoms with Crippen molar-refractivity contribution in [2.24, 2.45) is 0 Å². The third kappa shape index (κ3) is 3.08. The van der Waals surface area contributed by atoms with Gasteiger partial charge >= 0.3 is 0 Å². The first-order valence-electron chi connectivity index (χ1n) is 5.36. The lowest BCUT2D eigenvalue weighted by atomic mass is 9.95. The first kappa shape index (κ1) is 11.2. The summed E-state index contributed by atoms with van der Waals surface area (Å²) in [7, 11) is 0. The predicted octanol–water partition coefficient (Wildman–Crippen LogP) is 2.97. The van der Waals surface area contributed by atoms with Gasteiger partial charge in [-0.3, -0.25) is 0 Å². The predicted molar refractivity (Wildman–Crippen MR) is 68.0 cm³/mol. The summed E-state index contributed by atoms with van der Waals surface area (Å²) in [6.07, 6.45) is 3.80. The fourth-order valence-electron chi connectivity index (χ4n) is 1.90. The van der Waals surface area contributed by atoms with Crippen LogP contribution in [0.1, 0.15) is 25.7 Å². The average Bonchev–Trinajstić information content (AvgIpc) is 2.25. The van der Waals surface area contributed by atoms with Gasteiger partial charge in [0.2, 0.25) is 0 Å². The molecule has 2 atom stereocenters. The second kappa shape index (κ2) is 5.16. The standard InChI is InChI=1S/C12H15IO2/c13-9-5-7-10(8-6-9)15-12-4-2-1-3-11(12)14/h5-8,11-12,14H,1-4H2/t11-,12-/m1/s1. The number of hydrogen-bond donors (Lipinski definition) is 1. The Balaban J connectivity index is 1.98. The van der Waals surface area contributed by atoms with E-state index in [0.29, 0.717) is 0 Å². The Morgan fingerprint density at radius 1 is 1.13 bits per heavy atom. The number of benzene rings is 1. The Morgan fingerprint density at radius 2 is 1.80 bits per heavy atom. The Kier molecular flexibility index (Phi) is 3.86. The topological polar surface area (TPSA) is 29.5 Å². The SMILES string of the molecule is O[C@@H]1CCCC[C@H]1Oc1ccc(I)cc1. The van der Waals surface area contributed by atoms with E-state index in [4.69, 9.17) is 4.74 Å². The van der Waals surface area contributed by atoms with E-state index >= 15 is 0 Å². The molecule has 3 heteroatoms. The molecule has 0 unspecified atom stereocenters. The van der Waals surface area contributed by atoms with Crippen LogP contribution in [-0.2, 0) is 0 Å². The van der Waals surface area contributed by atoms with Crippen molar-refractivity contribution < 1.29 is 9.84 Å². The summed E-state index contributed by atoms with van der Waals surface area (Å²) in [5.74, 6) is 0.862. The Labute approximate surface area is 104 Å². The van der Waals surface area contributed by atoms with Crippen molar-refractivity contribution in [3.05, 3.63) is 27.8 Å². The third-order valence-corrected chi connectivity index (χ3v) is 3.49. The zero-order valence-electron chi connectivity index (χ0n) is 8.53. The highest BCUT2D eigenvalue weighted by Crippen LogP contribution is 2.24. The molecule has 0 radical (unpaired) electrons. The van der Waals surface area contributed by atoms with Crippen molar-refractivity contribution in [2.75, 3.05) is 0 Å². The number of ether oxygens (including phenoxy) is 1. The lowest BCUT2D eigenvalue weighted by Gasteiger charge is -2.28. The molecule has 15 heavy (non-hydrogen) atoms. The summed E-state index contributed by atoms with van der Waals surface area (Å²) in [5.41, 5.74) is 0. The molecule has 0 aromatic heterocycles. The van der Waals surface area contributed by atoms with Gasteiger partial charge in [-0.15, -0.1) is 0 Å². The molecule has 1 aromatic rings. The number of halogens is 1. The summed E-state index contributed by atoms with van der Waals surface area (Å²) in [4.78, 5) is 0. The van der Waals surface area contributed by atoms with Crippen molar-refractivity contribution in [1.29, 1.82) is 0 Å². The van der Waals surface area contributed by atoms with Crippen LogP contribution in [0.2, 0.25) is 0 Å². The van der Waals surface area contributed by atoms with Gasteiger partial charge in [0.15, 0.2) is 0 Å². The van der Waals surface area contributed by atoms with Crippen LogP contribution in [0.25, 0.3) is 0 Å². The van der Waals surface area contributed by atoms with Crippen molar-refractivity contribution in [3.8, 4) is 5.75 Å².